The summed E-state index contributed by atoms with van der Waals surface area (Å²) in [6, 6.07) is 3.12. The predicted molar refractivity (Wildman–Crippen MR) is 53.9 cm³/mol. The van der Waals surface area contributed by atoms with E-state index in [9.17, 15) is 12.3 Å². The van der Waals surface area contributed by atoms with E-state index in [1.165, 1.54) is 6.07 Å². The molecule has 0 aromatic heterocycles. The number of rotatable bonds is 2. The third-order valence-electron chi connectivity index (χ3n) is 1.38. The Balaban J connectivity index is 3.27. The standard InChI is InChI=1S/C6H3Cl3FNO2S/c7-5-3-4(14(10,12)13)1-2-6(5)11(8)9/h1-3H. The Hall–Kier alpha value is -0.230. The second-order valence-corrected chi connectivity index (χ2v) is 4.89. The van der Waals surface area contributed by atoms with Gasteiger partial charge in [0.25, 0.3) is 0 Å². The highest BCUT2D eigenvalue weighted by Crippen LogP contribution is 2.31. The van der Waals surface area contributed by atoms with Gasteiger partial charge in [-0.3, -0.25) is 0 Å². The number of benzene rings is 1. The molecule has 0 amide bonds. The van der Waals surface area contributed by atoms with E-state index in [0.29, 0.717) is 3.94 Å². The molecule has 78 valence electrons. The molecule has 0 radical (unpaired) electrons. The smallest absolute Gasteiger partial charge is 0.192 e. The minimum atomic E-state index is -4.76. The van der Waals surface area contributed by atoms with E-state index in [1.54, 1.807) is 0 Å². The van der Waals surface area contributed by atoms with Crippen LogP contribution < -0.4 is 3.94 Å². The number of anilines is 1. The van der Waals surface area contributed by atoms with E-state index >= 15 is 0 Å². The van der Waals surface area contributed by atoms with Gasteiger partial charge in [0.1, 0.15) is 4.90 Å². The molecule has 0 fully saturated rings. The Morgan fingerprint density at radius 3 is 2.21 bits per heavy atom. The van der Waals surface area contributed by atoms with Crippen LogP contribution in [0.15, 0.2) is 23.1 Å². The first-order valence-corrected chi connectivity index (χ1v) is 5.62. The van der Waals surface area contributed by atoms with E-state index in [-0.39, 0.29) is 10.7 Å². The molecule has 0 spiro atoms. The molecule has 0 atom stereocenters. The van der Waals surface area contributed by atoms with Crippen molar-refractivity contribution in [3.05, 3.63) is 23.2 Å². The molecule has 0 heterocycles. The summed E-state index contributed by atoms with van der Waals surface area (Å²) < 4.78 is 34.0. The Bertz CT molecular complexity index is 448. The van der Waals surface area contributed by atoms with Gasteiger partial charge in [-0.25, -0.2) is 0 Å². The maximum Gasteiger partial charge on any atom is 0.332 e. The van der Waals surface area contributed by atoms with Crippen LogP contribution in [0.1, 0.15) is 0 Å². The molecule has 0 unspecified atom stereocenters. The average molecular weight is 279 g/mol. The number of nitrogens with zero attached hydrogens (tertiary/aromatic N) is 1. The summed E-state index contributed by atoms with van der Waals surface area (Å²) in [6.45, 7) is 0. The van der Waals surface area contributed by atoms with Gasteiger partial charge in [-0.2, -0.15) is 12.4 Å². The molecule has 14 heavy (non-hydrogen) atoms. The van der Waals surface area contributed by atoms with Gasteiger partial charge < -0.3 is 0 Å². The molecular weight excluding hydrogens is 275 g/mol. The lowest BCUT2D eigenvalue weighted by atomic mass is 10.3. The Morgan fingerprint density at radius 2 is 1.86 bits per heavy atom. The lowest BCUT2D eigenvalue weighted by Gasteiger charge is -2.07. The van der Waals surface area contributed by atoms with Crippen LogP contribution in [0.25, 0.3) is 0 Å². The summed E-state index contributed by atoms with van der Waals surface area (Å²) >= 11 is 16.3. The van der Waals surface area contributed by atoms with E-state index in [1.807, 2.05) is 0 Å². The van der Waals surface area contributed by atoms with Crippen molar-refractivity contribution in [2.45, 2.75) is 4.90 Å². The van der Waals surface area contributed by atoms with Crippen molar-refractivity contribution in [1.29, 1.82) is 0 Å². The molecule has 1 aromatic rings. The molecule has 8 heteroatoms. The summed E-state index contributed by atoms with van der Waals surface area (Å²) in [5.74, 6) is 0. The summed E-state index contributed by atoms with van der Waals surface area (Å²) in [7, 11) is -4.76. The monoisotopic (exact) mass is 277 g/mol. The fourth-order valence-corrected chi connectivity index (χ4v) is 1.98. The van der Waals surface area contributed by atoms with Crippen LogP contribution >= 0.6 is 35.2 Å². The number of hydrogen-bond acceptors (Lipinski definition) is 3. The van der Waals surface area contributed by atoms with E-state index < -0.39 is 15.1 Å². The van der Waals surface area contributed by atoms with Crippen molar-refractivity contribution < 1.29 is 12.3 Å². The zero-order chi connectivity index (χ0) is 10.9. The van der Waals surface area contributed by atoms with Crippen molar-refractivity contribution in [2.24, 2.45) is 0 Å². The molecule has 1 rings (SSSR count). The molecule has 0 saturated carbocycles. The third-order valence-corrected chi connectivity index (χ3v) is 2.87. The van der Waals surface area contributed by atoms with Crippen molar-refractivity contribution in [1.82, 2.24) is 0 Å². The molecule has 1 aromatic carbocycles. The van der Waals surface area contributed by atoms with Crippen LogP contribution in [0.2, 0.25) is 5.02 Å². The minimum absolute atomic E-state index is 0.0614. The lowest BCUT2D eigenvalue weighted by Crippen LogP contribution is -1.96. The highest BCUT2D eigenvalue weighted by molar-refractivity contribution is 7.86. The van der Waals surface area contributed by atoms with Gasteiger partial charge in [-0.05, 0) is 18.2 Å². The highest BCUT2D eigenvalue weighted by atomic mass is 35.5. The number of halogens is 4. The first-order valence-electron chi connectivity index (χ1n) is 3.18. The van der Waals surface area contributed by atoms with Gasteiger partial charge in [0, 0.05) is 23.6 Å². The predicted octanol–water partition coefficient (Wildman–Crippen LogP) is 3.11. The SMILES string of the molecule is O=S(=O)(F)c1ccc(N(Cl)Cl)c(Cl)c1. The molecule has 0 bridgehead atoms. The summed E-state index contributed by atoms with van der Waals surface area (Å²) in [5.41, 5.74) is 0.169. The Kier molecular flexibility index (Phi) is 3.47. The van der Waals surface area contributed by atoms with Crippen molar-refractivity contribution >= 4 is 51.1 Å². The van der Waals surface area contributed by atoms with Gasteiger partial charge in [0.05, 0.1) is 10.7 Å². The largest absolute Gasteiger partial charge is 0.332 e. The highest BCUT2D eigenvalue weighted by Gasteiger charge is 2.15. The lowest BCUT2D eigenvalue weighted by molar-refractivity contribution is 0.552. The topological polar surface area (TPSA) is 37.4 Å². The van der Waals surface area contributed by atoms with Gasteiger partial charge in [0.15, 0.2) is 0 Å². The average Bonchev–Trinajstić information content (AvgIpc) is 2.01. The van der Waals surface area contributed by atoms with Crippen molar-refractivity contribution in [3.8, 4) is 0 Å². The maximum absolute atomic E-state index is 12.5. The second-order valence-electron chi connectivity index (χ2n) is 2.28. The van der Waals surface area contributed by atoms with Gasteiger partial charge >= 0.3 is 10.2 Å². The molecule has 0 saturated heterocycles. The summed E-state index contributed by atoms with van der Waals surface area (Å²) in [5, 5.41) is -0.0614. The second kappa shape index (κ2) is 4.10. The molecular formula is C6H3Cl3FNO2S. The molecule has 0 aliphatic heterocycles. The van der Waals surface area contributed by atoms with E-state index in [4.69, 9.17) is 35.2 Å². The van der Waals surface area contributed by atoms with E-state index in [2.05, 4.69) is 0 Å². The van der Waals surface area contributed by atoms with Gasteiger partial charge in [-0.15, -0.1) is 3.89 Å². The van der Waals surface area contributed by atoms with E-state index in [0.717, 1.165) is 12.1 Å². The molecule has 0 aliphatic rings. The van der Waals surface area contributed by atoms with Crippen LogP contribution in [-0.2, 0) is 10.2 Å². The van der Waals surface area contributed by atoms with Gasteiger partial charge in [0.2, 0.25) is 0 Å². The minimum Gasteiger partial charge on any atom is -0.192 e. The normalized spacial score (nSPS) is 11.4. The first-order chi connectivity index (χ1) is 6.32. The van der Waals surface area contributed by atoms with Crippen molar-refractivity contribution in [2.75, 3.05) is 3.94 Å². The third kappa shape index (κ3) is 2.63. The summed E-state index contributed by atoms with van der Waals surface area (Å²) in [4.78, 5) is -0.540. The van der Waals surface area contributed by atoms with Crippen LogP contribution in [0.3, 0.4) is 0 Å². The Labute approximate surface area is 95.4 Å². The fourth-order valence-electron chi connectivity index (χ4n) is 0.776. The maximum atomic E-state index is 12.5. The zero-order valence-electron chi connectivity index (χ0n) is 6.42. The van der Waals surface area contributed by atoms with Crippen LogP contribution in [0, 0.1) is 0 Å². The van der Waals surface area contributed by atoms with Crippen LogP contribution in [0.4, 0.5) is 9.57 Å². The molecule has 0 aliphatic carbocycles. The molecule has 0 N–H and O–H groups in total. The van der Waals surface area contributed by atoms with Crippen molar-refractivity contribution in [3.63, 3.8) is 0 Å². The van der Waals surface area contributed by atoms with Crippen LogP contribution in [-0.4, -0.2) is 8.42 Å². The molecule has 3 nitrogen and oxygen atoms in total. The van der Waals surface area contributed by atoms with Gasteiger partial charge in [-0.1, -0.05) is 11.6 Å². The zero-order valence-corrected chi connectivity index (χ0v) is 9.50. The van der Waals surface area contributed by atoms with Crippen LogP contribution in [0.5, 0.6) is 0 Å². The quantitative estimate of drug-likeness (QED) is 0.616. The summed E-state index contributed by atoms with van der Waals surface area (Å²) in [6.07, 6.45) is 0. The fraction of sp³-hybridized carbons (Fsp3) is 0. The first kappa shape index (κ1) is 11.8. The number of hydrogen-bond donors (Lipinski definition) is 0. The Morgan fingerprint density at radius 1 is 1.29 bits per heavy atom.